The van der Waals surface area contributed by atoms with Gasteiger partial charge in [-0.15, -0.1) is 6.42 Å². The van der Waals surface area contributed by atoms with Crippen LogP contribution >= 0.6 is 11.6 Å². The second-order valence-corrected chi connectivity index (χ2v) is 6.59. The molecule has 1 aromatic carbocycles. The molecule has 0 unspecified atom stereocenters. The Morgan fingerprint density at radius 2 is 2.21 bits per heavy atom. The van der Waals surface area contributed by atoms with Crippen LogP contribution in [0.25, 0.3) is 10.9 Å². The minimum atomic E-state index is -0.297. The molecule has 1 aliphatic rings. The van der Waals surface area contributed by atoms with Crippen molar-refractivity contribution in [2.24, 2.45) is 5.92 Å². The summed E-state index contributed by atoms with van der Waals surface area (Å²) in [5.41, 5.74) is 0.636. The van der Waals surface area contributed by atoms with Crippen molar-refractivity contribution in [1.82, 2.24) is 9.47 Å². The molecule has 24 heavy (non-hydrogen) atoms. The van der Waals surface area contributed by atoms with Gasteiger partial charge in [-0.05, 0) is 43.9 Å². The smallest absolute Gasteiger partial charge is 0.260 e. The van der Waals surface area contributed by atoms with E-state index in [1.54, 1.807) is 29.3 Å². The Labute approximate surface area is 146 Å². The lowest BCUT2D eigenvalue weighted by molar-refractivity contribution is 0.0768. The first-order chi connectivity index (χ1) is 11.5. The normalized spacial score (nSPS) is 13.7. The quantitative estimate of drug-likeness (QED) is 0.783. The third kappa shape index (κ3) is 3.18. The highest BCUT2D eigenvalue weighted by Gasteiger charge is 2.28. The number of carbonyl (C=O) groups is 1. The molecule has 2 aromatic rings. The van der Waals surface area contributed by atoms with Crippen molar-refractivity contribution in [2.45, 2.75) is 26.3 Å². The van der Waals surface area contributed by atoms with Crippen LogP contribution in [0.5, 0.6) is 0 Å². The lowest BCUT2D eigenvalue weighted by atomic mass is 10.1. The fraction of sp³-hybridized carbons (Fsp3) is 0.368. The van der Waals surface area contributed by atoms with Gasteiger partial charge in [0.2, 0.25) is 5.43 Å². The van der Waals surface area contributed by atoms with Gasteiger partial charge < -0.3 is 9.47 Å². The zero-order valence-corrected chi connectivity index (χ0v) is 14.3. The van der Waals surface area contributed by atoms with Crippen LogP contribution in [0.1, 0.15) is 30.1 Å². The van der Waals surface area contributed by atoms with Gasteiger partial charge in [0.1, 0.15) is 5.56 Å². The standard InChI is InChI=1S/C19H19ClN2O2/c1-3-9-22(11-13-5-6-13)19(24)16-12-21(4-2)17-8-7-14(20)10-15(17)18(16)23/h1,7-8,10,12-13H,4-6,9,11H2,2H3. The maximum Gasteiger partial charge on any atom is 0.260 e. The summed E-state index contributed by atoms with van der Waals surface area (Å²) in [5, 5.41) is 0.938. The zero-order chi connectivity index (χ0) is 17.3. The van der Waals surface area contributed by atoms with E-state index in [4.69, 9.17) is 18.0 Å². The molecule has 1 fully saturated rings. The van der Waals surface area contributed by atoms with E-state index >= 15 is 0 Å². The van der Waals surface area contributed by atoms with Crippen LogP contribution in [0.2, 0.25) is 5.02 Å². The zero-order valence-electron chi connectivity index (χ0n) is 13.6. The minimum Gasteiger partial charge on any atom is -0.347 e. The first-order valence-corrected chi connectivity index (χ1v) is 8.48. The van der Waals surface area contributed by atoms with E-state index in [2.05, 4.69) is 5.92 Å². The van der Waals surface area contributed by atoms with E-state index in [1.165, 1.54) is 0 Å². The number of benzene rings is 1. The lowest BCUT2D eigenvalue weighted by Gasteiger charge is -2.21. The summed E-state index contributed by atoms with van der Waals surface area (Å²) in [4.78, 5) is 27.3. The Kier molecular flexibility index (Phi) is 4.64. The molecule has 4 nitrogen and oxygen atoms in total. The number of hydrogen-bond acceptors (Lipinski definition) is 2. The van der Waals surface area contributed by atoms with Gasteiger partial charge in [-0.1, -0.05) is 17.5 Å². The molecule has 1 amide bonds. The minimum absolute atomic E-state index is 0.155. The van der Waals surface area contributed by atoms with Crippen LogP contribution in [0, 0.1) is 18.3 Å². The molecule has 0 aliphatic heterocycles. The van der Waals surface area contributed by atoms with Crippen molar-refractivity contribution < 1.29 is 4.79 Å². The number of rotatable bonds is 5. The van der Waals surface area contributed by atoms with Gasteiger partial charge in [0.25, 0.3) is 5.91 Å². The van der Waals surface area contributed by atoms with E-state index in [0.29, 0.717) is 29.4 Å². The maximum atomic E-state index is 12.9. The number of halogens is 1. The van der Waals surface area contributed by atoms with Crippen molar-refractivity contribution in [1.29, 1.82) is 0 Å². The number of hydrogen-bond donors (Lipinski definition) is 0. The van der Waals surface area contributed by atoms with Crippen LogP contribution in [0.3, 0.4) is 0 Å². The summed E-state index contributed by atoms with van der Waals surface area (Å²) in [6, 6.07) is 5.17. The van der Waals surface area contributed by atoms with Gasteiger partial charge >= 0.3 is 0 Å². The van der Waals surface area contributed by atoms with Crippen molar-refractivity contribution in [3.63, 3.8) is 0 Å². The van der Waals surface area contributed by atoms with Crippen LogP contribution < -0.4 is 5.43 Å². The first-order valence-electron chi connectivity index (χ1n) is 8.10. The fourth-order valence-corrected chi connectivity index (χ4v) is 3.07. The first kappa shape index (κ1) is 16.6. The Hall–Kier alpha value is -2.25. The Bertz CT molecular complexity index is 891. The predicted octanol–water partition coefficient (Wildman–Crippen LogP) is 3.16. The number of terminal acetylenes is 1. The number of aryl methyl sites for hydroxylation is 1. The molecule has 1 aromatic heterocycles. The Morgan fingerprint density at radius 3 is 2.83 bits per heavy atom. The van der Waals surface area contributed by atoms with Crippen LogP contribution in [0.4, 0.5) is 0 Å². The van der Waals surface area contributed by atoms with Crippen molar-refractivity contribution in [2.75, 3.05) is 13.1 Å². The van der Waals surface area contributed by atoms with Crippen molar-refractivity contribution in [3.8, 4) is 12.3 Å². The van der Waals surface area contributed by atoms with E-state index in [9.17, 15) is 9.59 Å². The number of amides is 1. The maximum absolute atomic E-state index is 12.9. The molecule has 0 saturated heterocycles. The van der Waals surface area contributed by atoms with Crippen molar-refractivity contribution in [3.05, 3.63) is 45.2 Å². The molecule has 0 atom stereocenters. The third-order valence-electron chi connectivity index (χ3n) is 4.36. The number of pyridine rings is 1. The Balaban J connectivity index is 2.10. The summed E-state index contributed by atoms with van der Waals surface area (Å²) in [5.74, 6) is 2.73. The Morgan fingerprint density at radius 1 is 1.46 bits per heavy atom. The molecule has 5 heteroatoms. The average Bonchev–Trinajstić information content (AvgIpc) is 3.39. The predicted molar refractivity (Wildman–Crippen MR) is 96.4 cm³/mol. The fourth-order valence-electron chi connectivity index (χ4n) is 2.90. The highest BCUT2D eigenvalue weighted by Crippen LogP contribution is 2.30. The summed E-state index contributed by atoms with van der Waals surface area (Å²) in [6.07, 6.45) is 9.26. The van der Waals surface area contributed by atoms with Gasteiger partial charge in [-0.2, -0.15) is 0 Å². The summed E-state index contributed by atoms with van der Waals surface area (Å²) < 4.78 is 1.89. The monoisotopic (exact) mass is 342 g/mol. The summed E-state index contributed by atoms with van der Waals surface area (Å²) >= 11 is 6.04. The largest absolute Gasteiger partial charge is 0.347 e. The van der Waals surface area contributed by atoms with E-state index in [0.717, 1.165) is 18.4 Å². The van der Waals surface area contributed by atoms with Gasteiger partial charge in [0.15, 0.2) is 0 Å². The third-order valence-corrected chi connectivity index (χ3v) is 4.59. The summed E-state index contributed by atoms with van der Waals surface area (Å²) in [6.45, 7) is 3.45. The molecule has 0 N–H and O–H groups in total. The van der Waals surface area contributed by atoms with E-state index in [1.807, 2.05) is 11.5 Å². The van der Waals surface area contributed by atoms with Gasteiger partial charge in [0.05, 0.1) is 12.1 Å². The molecule has 1 aliphatic carbocycles. The molecule has 3 rings (SSSR count). The second-order valence-electron chi connectivity index (χ2n) is 6.15. The molecule has 0 radical (unpaired) electrons. The molecular weight excluding hydrogens is 324 g/mol. The van der Waals surface area contributed by atoms with E-state index in [-0.39, 0.29) is 23.4 Å². The van der Waals surface area contributed by atoms with E-state index < -0.39 is 0 Å². The highest BCUT2D eigenvalue weighted by atomic mass is 35.5. The van der Waals surface area contributed by atoms with Gasteiger partial charge in [-0.3, -0.25) is 9.59 Å². The number of aromatic nitrogens is 1. The number of fused-ring (bicyclic) bond motifs is 1. The SMILES string of the molecule is C#CCN(CC1CC1)C(=O)c1cn(CC)c2ccc(Cl)cc2c1=O. The number of nitrogens with zero attached hydrogens (tertiary/aromatic N) is 2. The summed E-state index contributed by atoms with van der Waals surface area (Å²) in [7, 11) is 0. The molecular formula is C19H19ClN2O2. The highest BCUT2D eigenvalue weighted by molar-refractivity contribution is 6.31. The lowest BCUT2D eigenvalue weighted by Crippen LogP contribution is -2.36. The number of carbonyl (C=O) groups excluding carboxylic acids is 1. The van der Waals surface area contributed by atoms with Gasteiger partial charge in [0, 0.05) is 29.7 Å². The van der Waals surface area contributed by atoms with Gasteiger partial charge in [-0.25, -0.2) is 0 Å². The van der Waals surface area contributed by atoms with Crippen LogP contribution in [-0.4, -0.2) is 28.5 Å². The molecule has 124 valence electrons. The van der Waals surface area contributed by atoms with Crippen molar-refractivity contribution >= 4 is 28.4 Å². The van der Waals surface area contributed by atoms with Crippen LogP contribution in [0.15, 0.2) is 29.2 Å². The molecule has 1 heterocycles. The molecule has 1 saturated carbocycles. The topological polar surface area (TPSA) is 42.3 Å². The average molecular weight is 343 g/mol. The van der Waals surface area contributed by atoms with Crippen LogP contribution in [-0.2, 0) is 6.54 Å². The second kappa shape index (κ2) is 6.70. The molecule has 0 spiro atoms. The molecule has 0 bridgehead atoms.